The molecule has 2 heterocycles. The summed E-state index contributed by atoms with van der Waals surface area (Å²) in [6, 6.07) is 1.48. The summed E-state index contributed by atoms with van der Waals surface area (Å²) in [5.74, 6) is -1.10. The molecule has 2 saturated carbocycles. The number of pyridine rings is 1. The largest absolute Gasteiger partial charge is 0.441 e. The number of hydrogen-bond acceptors (Lipinski definition) is 7. The third kappa shape index (κ3) is 6.40. The highest BCUT2D eigenvalue weighted by Crippen LogP contribution is 2.36. The number of aliphatic hydroxyl groups is 1. The van der Waals surface area contributed by atoms with Crippen molar-refractivity contribution in [1.82, 2.24) is 20.5 Å². The van der Waals surface area contributed by atoms with Gasteiger partial charge in [0.2, 0.25) is 11.8 Å². The van der Waals surface area contributed by atoms with E-state index in [1.54, 1.807) is 6.07 Å². The number of hydrogen-bond donors (Lipinski definition) is 4. The molecule has 2 aliphatic carbocycles. The van der Waals surface area contributed by atoms with Crippen molar-refractivity contribution in [1.29, 1.82) is 0 Å². The van der Waals surface area contributed by atoms with Crippen molar-refractivity contribution >= 4 is 29.3 Å². The molecule has 0 aromatic carbocycles. The van der Waals surface area contributed by atoms with Gasteiger partial charge < -0.3 is 26.2 Å². The Morgan fingerprint density at radius 2 is 1.95 bits per heavy atom. The second-order valence-corrected chi connectivity index (χ2v) is 12.4. The van der Waals surface area contributed by atoms with Crippen molar-refractivity contribution in [3.05, 3.63) is 23.4 Å². The van der Waals surface area contributed by atoms with Gasteiger partial charge in [-0.15, -0.1) is 0 Å². The van der Waals surface area contributed by atoms with Crippen LogP contribution in [-0.2, 0) is 14.4 Å². The molecule has 3 aliphatic rings. The fraction of sp³-hybridized carbons (Fsp3) is 0.704. The Balaban J connectivity index is 1.63. The van der Waals surface area contributed by atoms with E-state index in [1.165, 1.54) is 17.2 Å². The molecule has 3 amide bonds. The standard InChI is InChI=1S/C27H40ClN5O5/c1-26(2,3)22(29)24(36)33-13-5-12-27(33,38-20-11-8-17(28)15-30-20)25(37)32-19(14-16-6-4-7-16)21(34)23(35)31-18-9-10-18/h8,11,15-16,18-19,21-22,34H,4-7,9-10,12-14,29H2,1-3H3,(H,31,35)(H,32,37)/t19?,21?,22-,27?/m1/s1. The molecule has 1 aromatic heterocycles. The van der Waals surface area contributed by atoms with Gasteiger partial charge in [0.05, 0.1) is 17.1 Å². The third-order valence-corrected chi connectivity index (χ3v) is 8.05. The van der Waals surface area contributed by atoms with Gasteiger partial charge in [-0.25, -0.2) is 4.98 Å². The zero-order chi connectivity index (χ0) is 27.7. The Hall–Kier alpha value is -2.43. The van der Waals surface area contributed by atoms with Gasteiger partial charge in [-0.05, 0) is 43.1 Å². The fourth-order valence-electron chi connectivity index (χ4n) is 4.94. The number of carbonyl (C=O) groups is 3. The van der Waals surface area contributed by atoms with E-state index in [4.69, 9.17) is 22.1 Å². The lowest BCUT2D eigenvalue weighted by atomic mass is 9.79. The van der Waals surface area contributed by atoms with Crippen LogP contribution in [0.3, 0.4) is 0 Å². The van der Waals surface area contributed by atoms with E-state index >= 15 is 0 Å². The van der Waals surface area contributed by atoms with Crippen LogP contribution in [0.4, 0.5) is 0 Å². The van der Waals surface area contributed by atoms with E-state index < -0.39 is 47.0 Å². The van der Waals surface area contributed by atoms with Crippen LogP contribution in [0.25, 0.3) is 0 Å². The van der Waals surface area contributed by atoms with Gasteiger partial charge >= 0.3 is 0 Å². The van der Waals surface area contributed by atoms with Gasteiger partial charge in [-0.3, -0.25) is 19.3 Å². The quantitative estimate of drug-likeness (QED) is 0.349. The number of nitrogens with one attached hydrogen (secondary N) is 2. The smallest absolute Gasteiger partial charge is 0.286 e. The first kappa shape index (κ1) is 28.6. The molecule has 0 radical (unpaired) electrons. The molecule has 4 rings (SSSR count). The van der Waals surface area contributed by atoms with Crippen molar-refractivity contribution in [2.75, 3.05) is 6.54 Å². The van der Waals surface area contributed by atoms with E-state index in [9.17, 15) is 19.5 Å². The van der Waals surface area contributed by atoms with Crippen LogP contribution in [0.5, 0.6) is 5.88 Å². The number of nitrogens with zero attached hydrogens (tertiary/aromatic N) is 2. The summed E-state index contributed by atoms with van der Waals surface area (Å²) in [5.41, 5.74) is 4.04. The van der Waals surface area contributed by atoms with Crippen LogP contribution in [0.15, 0.2) is 18.3 Å². The number of likely N-dealkylation sites (tertiary alicyclic amines) is 1. The predicted octanol–water partition coefficient (Wildman–Crippen LogP) is 2.12. The molecular formula is C27H40ClN5O5. The van der Waals surface area contributed by atoms with E-state index in [1.807, 2.05) is 20.8 Å². The molecule has 3 fully saturated rings. The zero-order valence-corrected chi connectivity index (χ0v) is 23.2. The van der Waals surface area contributed by atoms with Gasteiger partial charge in [0.15, 0.2) is 6.10 Å². The molecule has 1 saturated heterocycles. The molecule has 0 bridgehead atoms. The van der Waals surface area contributed by atoms with Crippen molar-refractivity contribution in [2.45, 2.75) is 102 Å². The van der Waals surface area contributed by atoms with Crippen LogP contribution in [0, 0.1) is 11.3 Å². The molecule has 1 aliphatic heterocycles. The number of rotatable bonds is 10. The minimum absolute atomic E-state index is 0.0738. The van der Waals surface area contributed by atoms with Crippen LogP contribution < -0.4 is 21.1 Å². The molecule has 10 nitrogen and oxygen atoms in total. The molecular weight excluding hydrogens is 510 g/mol. The summed E-state index contributed by atoms with van der Waals surface area (Å²) in [4.78, 5) is 46.1. The number of halogens is 1. The SMILES string of the molecule is CC(C)(C)[C@H](N)C(=O)N1CCCC1(Oc1ccc(Cl)cn1)C(=O)NC(CC1CCC1)C(O)C(=O)NC1CC1. The average Bonchev–Trinajstić information content (AvgIpc) is 3.55. The molecule has 5 N–H and O–H groups in total. The lowest BCUT2D eigenvalue weighted by Crippen LogP contribution is -2.67. The third-order valence-electron chi connectivity index (χ3n) is 7.83. The normalized spacial score (nSPS) is 24.2. The Kier molecular flexibility index (Phi) is 8.54. The molecule has 11 heteroatoms. The monoisotopic (exact) mass is 549 g/mol. The number of aromatic nitrogens is 1. The summed E-state index contributed by atoms with van der Waals surface area (Å²) >= 11 is 5.99. The number of aliphatic hydroxyl groups excluding tert-OH is 1. The fourth-order valence-corrected chi connectivity index (χ4v) is 5.05. The highest BCUT2D eigenvalue weighted by molar-refractivity contribution is 6.30. The molecule has 0 spiro atoms. The summed E-state index contributed by atoms with van der Waals surface area (Å²) in [7, 11) is 0. The van der Waals surface area contributed by atoms with Gasteiger partial charge in [0, 0.05) is 31.3 Å². The molecule has 38 heavy (non-hydrogen) atoms. The number of nitrogens with two attached hydrogens (primary N) is 1. The van der Waals surface area contributed by atoms with E-state index in [0.717, 1.165) is 32.1 Å². The second kappa shape index (κ2) is 11.4. The first-order valence-electron chi connectivity index (χ1n) is 13.6. The van der Waals surface area contributed by atoms with Crippen LogP contribution >= 0.6 is 11.6 Å². The minimum Gasteiger partial charge on any atom is -0.441 e. The molecule has 1 aromatic rings. The predicted molar refractivity (Wildman–Crippen MR) is 142 cm³/mol. The Morgan fingerprint density at radius 1 is 1.24 bits per heavy atom. The maximum atomic E-state index is 14.1. The maximum absolute atomic E-state index is 14.1. The van der Waals surface area contributed by atoms with E-state index in [0.29, 0.717) is 23.8 Å². The zero-order valence-electron chi connectivity index (χ0n) is 22.4. The van der Waals surface area contributed by atoms with Crippen LogP contribution in [-0.4, -0.2) is 69.2 Å². The van der Waals surface area contributed by atoms with Crippen LogP contribution in [0.2, 0.25) is 5.02 Å². The van der Waals surface area contributed by atoms with Gasteiger partial charge in [-0.1, -0.05) is 51.6 Å². The maximum Gasteiger partial charge on any atom is 0.286 e. The second-order valence-electron chi connectivity index (χ2n) is 12.0. The molecule has 210 valence electrons. The molecule has 4 atom stereocenters. The van der Waals surface area contributed by atoms with Gasteiger partial charge in [0.1, 0.15) is 0 Å². The summed E-state index contributed by atoms with van der Waals surface area (Å²) in [6.45, 7) is 5.84. The highest BCUT2D eigenvalue weighted by atomic mass is 35.5. The summed E-state index contributed by atoms with van der Waals surface area (Å²) in [6.07, 6.45) is 5.93. The summed E-state index contributed by atoms with van der Waals surface area (Å²) < 4.78 is 6.22. The van der Waals surface area contributed by atoms with Crippen molar-refractivity contribution in [3.8, 4) is 5.88 Å². The lowest BCUT2D eigenvalue weighted by molar-refractivity contribution is -0.167. The van der Waals surface area contributed by atoms with Gasteiger partial charge in [-0.2, -0.15) is 0 Å². The molecule has 3 unspecified atom stereocenters. The van der Waals surface area contributed by atoms with E-state index in [2.05, 4.69) is 15.6 Å². The Bertz CT molecular complexity index is 1020. The summed E-state index contributed by atoms with van der Waals surface area (Å²) in [5, 5.41) is 17.1. The Labute approximate surface area is 229 Å². The first-order valence-corrected chi connectivity index (χ1v) is 14.0. The Morgan fingerprint density at radius 3 is 2.50 bits per heavy atom. The average molecular weight is 550 g/mol. The van der Waals surface area contributed by atoms with E-state index in [-0.39, 0.29) is 24.9 Å². The van der Waals surface area contributed by atoms with Crippen molar-refractivity contribution in [2.24, 2.45) is 17.1 Å². The van der Waals surface area contributed by atoms with Crippen LogP contribution in [0.1, 0.15) is 72.1 Å². The number of amides is 3. The van der Waals surface area contributed by atoms with Crippen molar-refractivity contribution < 1.29 is 24.2 Å². The lowest BCUT2D eigenvalue weighted by Gasteiger charge is -2.41. The minimum atomic E-state index is -1.74. The van der Waals surface area contributed by atoms with Gasteiger partial charge in [0.25, 0.3) is 17.5 Å². The number of carbonyl (C=O) groups excluding carboxylic acids is 3. The number of ether oxygens (including phenoxy) is 1. The highest BCUT2D eigenvalue weighted by Gasteiger charge is 2.55. The van der Waals surface area contributed by atoms with Crippen molar-refractivity contribution in [3.63, 3.8) is 0 Å². The first-order chi connectivity index (χ1) is 17.9. The topological polar surface area (TPSA) is 147 Å².